The van der Waals surface area contributed by atoms with Crippen LogP contribution in [0.3, 0.4) is 0 Å². The van der Waals surface area contributed by atoms with E-state index in [0.717, 1.165) is 0 Å². The van der Waals surface area contributed by atoms with Crippen LogP contribution in [0.1, 0.15) is 10.4 Å². The molecule has 2 aromatic rings. The maximum absolute atomic E-state index is 11.8. The van der Waals surface area contributed by atoms with E-state index in [-0.39, 0.29) is 18.0 Å². The Kier molecular flexibility index (Phi) is 4.44. The van der Waals surface area contributed by atoms with Gasteiger partial charge in [0.1, 0.15) is 12.3 Å². The van der Waals surface area contributed by atoms with E-state index in [4.69, 9.17) is 21.4 Å². The van der Waals surface area contributed by atoms with Gasteiger partial charge in [-0.3, -0.25) is 9.48 Å². The number of anilines is 1. The Hall–Kier alpha value is -2.54. The summed E-state index contributed by atoms with van der Waals surface area (Å²) in [5, 5.41) is 15.6. The summed E-state index contributed by atoms with van der Waals surface area (Å²) >= 11 is 5.95. The highest BCUT2D eigenvalue weighted by Gasteiger charge is 2.10. The van der Waals surface area contributed by atoms with Crippen LogP contribution < -0.4 is 10.1 Å². The normalized spacial score (nSPS) is 10.2. The van der Waals surface area contributed by atoms with Gasteiger partial charge in [0.2, 0.25) is 5.91 Å². The second kappa shape index (κ2) is 6.27. The number of carboxylic acids is 1. The summed E-state index contributed by atoms with van der Waals surface area (Å²) in [5.74, 6) is -0.937. The molecule has 0 aliphatic rings. The third-order valence-corrected chi connectivity index (χ3v) is 2.92. The molecule has 0 bridgehead atoms. The molecule has 0 atom stereocenters. The molecule has 0 saturated heterocycles. The first-order valence-electron chi connectivity index (χ1n) is 5.88. The second-order valence-corrected chi connectivity index (χ2v) is 4.54. The second-order valence-electron chi connectivity index (χ2n) is 4.13. The number of carboxylic acid groups (broad SMARTS) is 1. The molecule has 7 nitrogen and oxygen atoms in total. The molecular formula is C13H12ClN3O4. The highest BCUT2D eigenvalue weighted by atomic mass is 35.5. The van der Waals surface area contributed by atoms with E-state index in [2.05, 4.69) is 10.4 Å². The minimum absolute atomic E-state index is 0.0234. The van der Waals surface area contributed by atoms with Crippen LogP contribution in [0.25, 0.3) is 0 Å². The van der Waals surface area contributed by atoms with Gasteiger partial charge in [-0.15, -0.1) is 0 Å². The highest BCUT2D eigenvalue weighted by Crippen LogP contribution is 2.27. The SMILES string of the molecule is COc1ccc(NC(=O)Cn2cc(C(=O)O)cn2)cc1Cl. The van der Waals surface area contributed by atoms with Gasteiger partial charge in [0.05, 0.1) is 23.9 Å². The van der Waals surface area contributed by atoms with Crippen molar-refractivity contribution < 1.29 is 19.4 Å². The molecule has 0 aliphatic heterocycles. The summed E-state index contributed by atoms with van der Waals surface area (Å²) in [4.78, 5) is 22.5. The minimum Gasteiger partial charge on any atom is -0.495 e. The molecule has 1 amide bonds. The van der Waals surface area contributed by atoms with Crippen molar-refractivity contribution >= 4 is 29.2 Å². The smallest absolute Gasteiger partial charge is 0.338 e. The van der Waals surface area contributed by atoms with Gasteiger partial charge in [-0.2, -0.15) is 5.10 Å². The number of benzene rings is 1. The lowest BCUT2D eigenvalue weighted by atomic mass is 10.3. The zero-order chi connectivity index (χ0) is 15.4. The summed E-state index contributed by atoms with van der Waals surface area (Å²) < 4.78 is 6.25. The fourth-order valence-corrected chi connectivity index (χ4v) is 1.91. The molecular weight excluding hydrogens is 298 g/mol. The first kappa shape index (κ1) is 14.9. The molecule has 0 saturated carbocycles. The Bertz CT molecular complexity index is 684. The van der Waals surface area contributed by atoms with Crippen LogP contribution in [-0.2, 0) is 11.3 Å². The van der Waals surface area contributed by atoms with Crippen LogP contribution in [0.5, 0.6) is 5.75 Å². The van der Waals surface area contributed by atoms with Crippen LogP contribution in [0.15, 0.2) is 30.6 Å². The topological polar surface area (TPSA) is 93.5 Å². The van der Waals surface area contributed by atoms with Gasteiger partial charge >= 0.3 is 5.97 Å². The maximum atomic E-state index is 11.8. The fourth-order valence-electron chi connectivity index (χ4n) is 1.65. The molecule has 110 valence electrons. The van der Waals surface area contributed by atoms with Crippen LogP contribution >= 0.6 is 11.6 Å². The van der Waals surface area contributed by atoms with Crippen molar-refractivity contribution in [3.63, 3.8) is 0 Å². The third kappa shape index (κ3) is 3.73. The third-order valence-electron chi connectivity index (χ3n) is 2.62. The Labute approximate surface area is 125 Å². The number of rotatable bonds is 5. The van der Waals surface area contributed by atoms with Crippen LogP contribution in [-0.4, -0.2) is 33.9 Å². The van der Waals surface area contributed by atoms with E-state index in [1.807, 2.05) is 0 Å². The number of amides is 1. The predicted octanol–water partition coefficient (Wildman–Crippen LogP) is 1.88. The van der Waals surface area contributed by atoms with Crippen LogP contribution in [0.4, 0.5) is 5.69 Å². The van der Waals surface area contributed by atoms with Crippen LogP contribution in [0, 0.1) is 0 Å². The molecule has 0 unspecified atom stereocenters. The molecule has 0 aliphatic carbocycles. The van der Waals surface area contributed by atoms with E-state index in [9.17, 15) is 9.59 Å². The number of nitrogens with one attached hydrogen (secondary N) is 1. The lowest BCUT2D eigenvalue weighted by molar-refractivity contribution is -0.116. The van der Waals surface area contributed by atoms with Crippen molar-refractivity contribution in [1.29, 1.82) is 0 Å². The monoisotopic (exact) mass is 309 g/mol. The molecule has 1 heterocycles. The molecule has 2 N–H and O–H groups in total. The lowest BCUT2D eigenvalue weighted by Gasteiger charge is -2.08. The van der Waals surface area contributed by atoms with E-state index >= 15 is 0 Å². The Morgan fingerprint density at radius 3 is 2.81 bits per heavy atom. The average Bonchev–Trinajstić information content (AvgIpc) is 2.87. The number of hydrogen-bond donors (Lipinski definition) is 2. The number of nitrogens with zero attached hydrogens (tertiary/aromatic N) is 2. The largest absolute Gasteiger partial charge is 0.495 e. The maximum Gasteiger partial charge on any atom is 0.338 e. The first-order chi connectivity index (χ1) is 9.99. The Morgan fingerprint density at radius 2 is 2.24 bits per heavy atom. The van der Waals surface area contributed by atoms with E-state index in [1.165, 1.54) is 24.2 Å². The molecule has 2 rings (SSSR count). The van der Waals surface area contributed by atoms with E-state index < -0.39 is 5.97 Å². The molecule has 0 radical (unpaired) electrons. The number of ether oxygens (including phenoxy) is 1. The van der Waals surface area contributed by atoms with Gasteiger partial charge in [-0.25, -0.2) is 4.79 Å². The van der Waals surface area contributed by atoms with Crippen LogP contribution in [0.2, 0.25) is 5.02 Å². The summed E-state index contributed by atoms with van der Waals surface area (Å²) in [6.07, 6.45) is 2.46. The molecule has 8 heteroatoms. The number of aromatic carboxylic acids is 1. The molecule has 21 heavy (non-hydrogen) atoms. The van der Waals surface area contributed by atoms with Gasteiger partial charge in [0, 0.05) is 11.9 Å². The number of halogens is 1. The summed E-state index contributed by atoms with van der Waals surface area (Å²) in [5.41, 5.74) is 0.534. The quantitative estimate of drug-likeness (QED) is 0.879. The molecule has 1 aromatic carbocycles. The Morgan fingerprint density at radius 1 is 1.48 bits per heavy atom. The van der Waals surface area contributed by atoms with Crippen molar-refractivity contribution in [2.24, 2.45) is 0 Å². The highest BCUT2D eigenvalue weighted by molar-refractivity contribution is 6.32. The zero-order valence-electron chi connectivity index (χ0n) is 11.0. The number of methoxy groups -OCH3 is 1. The van der Waals surface area contributed by atoms with Gasteiger partial charge < -0.3 is 15.2 Å². The van der Waals surface area contributed by atoms with Crippen molar-refractivity contribution in [1.82, 2.24) is 9.78 Å². The summed E-state index contributed by atoms with van der Waals surface area (Å²) in [6.45, 7) is -0.100. The summed E-state index contributed by atoms with van der Waals surface area (Å²) in [6, 6.07) is 4.84. The van der Waals surface area contributed by atoms with Gasteiger partial charge in [-0.1, -0.05) is 11.6 Å². The first-order valence-corrected chi connectivity index (χ1v) is 6.26. The van der Waals surface area contributed by atoms with E-state index in [1.54, 1.807) is 18.2 Å². The molecule has 1 aromatic heterocycles. The van der Waals surface area contributed by atoms with Crippen molar-refractivity contribution in [2.75, 3.05) is 12.4 Å². The average molecular weight is 310 g/mol. The standard InChI is InChI=1S/C13H12ClN3O4/c1-21-11-3-2-9(4-10(11)14)16-12(18)7-17-6-8(5-15-17)13(19)20/h2-6H,7H2,1H3,(H,16,18)(H,19,20). The van der Waals surface area contributed by atoms with Gasteiger partial charge in [0.25, 0.3) is 0 Å². The molecule has 0 spiro atoms. The van der Waals surface area contributed by atoms with Gasteiger partial charge in [0.15, 0.2) is 0 Å². The van der Waals surface area contributed by atoms with Crippen molar-refractivity contribution in [3.8, 4) is 5.75 Å². The molecule has 0 fully saturated rings. The van der Waals surface area contributed by atoms with Crippen molar-refractivity contribution in [2.45, 2.75) is 6.54 Å². The fraction of sp³-hybridized carbons (Fsp3) is 0.154. The van der Waals surface area contributed by atoms with Gasteiger partial charge in [-0.05, 0) is 18.2 Å². The number of hydrogen-bond acceptors (Lipinski definition) is 4. The lowest BCUT2D eigenvalue weighted by Crippen LogP contribution is -2.19. The van der Waals surface area contributed by atoms with Crippen molar-refractivity contribution in [3.05, 3.63) is 41.2 Å². The summed E-state index contributed by atoms with van der Waals surface area (Å²) in [7, 11) is 1.50. The number of carbonyl (C=O) groups excluding carboxylic acids is 1. The van der Waals surface area contributed by atoms with E-state index in [0.29, 0.717) is 16.5 Å². The number of carbonyl (C=O) groups is 2. The zero-order valence-corrected chi connectivity index (χ0v) is 11.8. The minimum atomic E-state index is -1.09. The predicted molar refractivity (Wildman–Crippen MR) is 75.8 cm³/mol. The number of aromatic nitrogens is 2. The Balaban J connectivity index is 2.01.